The number of nitrogens with one attached hydrogen (secondary N) is 2. The molecule has 0 fully saturated rings. The van der Waals surface area contributed by atoms with Crippen molar-refractivity contribution in [3.8, 4) is 0 Å². The van der Waals surface area contributed by atoms with Crippen LogP contribution in [0.5, 0.6) is 0 Å². The lowest BCUT2D eigenvalue weighted by molar-refractivity contribution is 0.756. The summed E-state index contributed by atoms with van der Waals surface area (Å²) < 4.78 is 1.92. The van der Waals surface area contributed by atoms with Gasteiger partial charge in [-0.05, 0) is 25.0 Å². The third kappa shape index (κ3) is 5.34. The summed E-state index contributed by atoms with van der Waals surface area (Å²) in [5.41, 5.74) is 1.11. The Morgan fingerprint density at radius 3 is 2.83 bits per heavy atom. The van der Waals surface area contributed by atoms with E-state index in [9.17, 15) is 0 Å². The number of guanidine groups is 1. The number of nitrogens with zero attached hydrogens (tertiary/aromatic N) is 5. The van der Waals surface area contributed by atoms with E-state index in [-0.39, 0.29) is 0 Å². The van der Waals surface area contributed by atoms with E-state index >= 15 is 0 Å². The van der Waals surface area contributed by atoms with Gasteiger partial charge in [0.25, 0.3) is 0 Å². The molecule has 7 nitrogen and oxygen atoms in total. The molecule has 2 aromatic rings. The number of rotatable bonds is 7. The average Bonchev–Trinajstić information content (AvgIpc) is 2.90. The average molecular weight is 348 g/mol. The fraction of sp³-hybridized carbons (Fsp3) is 0.375. The zero-order valence-corrected chi connectivity index (χ0v) is 14.7. The van der Waals surface area contributed by atoms with Crippen LogP contribution in [0.2, 0.25) is 5.15 Å². The number of aliphatic imine (C=N–C) groups is 1. The highest BCUT2D eigenvalue weighted by Gasteiger charge is 2.05. The van der Waals surface area contributed by atoms with Crippen LogP contribution in [0.15, 0.2) is 36.0 Å². The van der Waals surface area contributed by atoms with Gasteiger partial charge in [-0.2, -0.15) is 0 Å². The number of pyridine rings is 1. The summed E-state index contributed by atoms with van der Waals surface area (Å²) in [5.74, 6) is 2.38. The van der Waals surface area contributed by atoms with Crippen LogP contribution in [0, 0.1) is 6.92 Å². The van der Waals surface area contributed by atoms with Gasteiger partial charge in [0, 0.05) is 26.3 Å². The van der Waals surface area contributed by atoms with Crippen LogP contribution in [0.25, 0.3) is 0 Å². The van der Waals surface area contributed by atoms with Gasteiger partial charge in [-0.1, -0.05) is 23.7 Å². The first kappa shape index (κ1) is 17.9. The van der Waals surface area contributed by atoms with E-state index in [2.05, 4.69) is 37.4 Å². The van der Waals surface area contributed by atoms with E-state index in [0.717, 1.165) is 30.2 Å². The molecule has 2 rings (SSSR count). The molecule has 0 spiro atoms. The largest absolute Gasteiger partial charge is 0.356 e. The second-order valence-corrected chi connectivity index (χ2v) is 5.61. The van der Waals surface area contributed by atoms with Crippen molar-refractivity contribution in [3.63, 3.8) is 0 Å². The highest BCUT2D eigenvalue weighted by molar-refractivity contribution is 6.29. The maximum Gasteiger partial charge on any atom is 0.191 e. The van der Waals surface area contributed by atoms with E-state index in [0.29, 0.717) is 24.2 Å². The Bertz CT molecular complexity index is 691. The van der Waals surface area contributed by atoms with Gasteiger partial charge in [-0.3, -0.25) is 0 Å². The van der Waals surface area contributed by atoms with Crippen molar-refractivity contribution in [2.75, 3.05) is 13.1 Å². The van der Waals surface area contributed by atoms with Crippen molar-refractivity contribution in [1.29, 1.82) is 0 Å². The van der Waals surface area contributed by atoms with Crippen LogP contribution in [-0.4, -0.2) is 38.8 Å². The lowest BCUT2D eigenvalue weighted by Gasteiger charge is -2.11. The minimum absolute atomic E-state index is 0.451. The highest BCUT2D eigenvalue weighted by Crippen LogP contribution is 2.05. The lowest BCUT2D eigenvalue weighted by Crippen LogP contribution is -2.38. The van der Waals surface area contributed by atoms with Gasteiger partial charge in [0.2, 0.25) is 0 Å². The van der Waals surface area contributed by atoms with Gasteiger partial charge in [-0.25, -0.2) is 9.98 Å². The summed E-state index contributed by atoms with van der Waals surface area (Å²) in [4.78, 5) is 8.61. The molecule has 0 saturated heterocycles. The van der Waals surface area contributed by atoms with Crippen molar-refractivity contribution < 1.29 is 0 Å². The van der Waals surface area contributed by atoms with E-state index < -0.39 is 0 Å². The number of aromatic nitrogens is 4. The van der Waals surface area contributed by atoms with Gasteiger partial charge >= 0.3 is 0 Å². The molecule has 0 bridgehead atoms. The second kappa shape index (κ2) is 9.02. The minimum Gasteiger partial charge on any atom is -0.356 e. The fourth-order valence-electron chi connectivity index (χ4n) is 1.96. The predicted octanol–water partition coefficient (Wildman–Crippen LogP) is 1.64. The van der Waals surface area contributed by atoms with E-state index in [1.807, 2.05) is 24.6 Å². The number of aryl methyl sites for hydroxylation is 1. The lowest BCUT2D eigenvalue weighted by atomic mass is 10.2. The molecule has 0 aliphatic heterocycles. The molecule has 0 aliphatic rings. The molecule has 24 heavy (non-hydrogen) atoms. The van der Waals surface area contributed by atoms with Gasteiger partial charge in [0.15, 0.2) is 11.8 Å². The number of hydrogen-bond acceptors (Lipinski definition) is 4. The van der Waals surface area contributed by atoms with Gasteiger partial charge in [-0.15, -0.1) is 16.8 Å². The Morgan fingerprint density at radius 1 is 1.38 bits per heavy atom. The molecule has 0 aromatic carbocycles. The topological polar surface area (TPSA) is 80.0 Å². The molecule has 2 N–H and O–H groups in total. The van der Waals surface area contributed by atoms with Crippen LogP contribution >= 0.6 is 11.6 Å². The molecule has 8 heteroatoms. The Hall–Kier alpha value is -2.41. The van der Waals surface area contributed by atoms with Gasteiger partial charge < -0.3 is 15.2 Å². The summed E-state index contributed by atoms with van der Waals surface area (Å²) >= 11 is 5.79. The SMILES string of the molecule is C=CCNC(=NCc1nnc(C)n1C)NCCc1ccc(Cl)nc1. The number of hydrogen-bond donors (Lipinski definition) is 2. The maximum absolute atomic E-state index is 5.79. The van der Waals surface area contributed by atoms with Crippen LogP contribution in [0.1, 0.15) is 17.2 Å². The molecule has 2 aromatic heterocycles. The standard InChI is InChI=1S/C16H22ClN7/c1-4-8-18-16(21-11-15-23-22-12(2)24(15)3)19-9-7-13-5-6-14(17)20-10-13/h4-6,10H,1,7-9,11H2,2-3H3,(H2,18,19,21). The molecular formula is C16H22ClN7. The highest BCUT2D eigenvalue weighted by atomic mass is 35.5. The molecular weight excluding hydrogens is 326 g/mol. The van der Waals surface area contributed by atoms with Crippen molar-refractivity contribution >= 4 is 17.6 Å². The monoisotopic (exact) mass is 347 g/mol. The Labute approximate surface area is 146 Å². The van der Waals surface area contributed by atoms with Crippen molar-refractivity contribution in [3.05, 3.63) is 53.3 Å². The van der Waals surface area contributed by atoms with Crippen LogP contribution in [0.4, 0.5) is 0 Å². The Morgan fingerprint density at radius 2 is 2.21 bits per heavy atom. The van der Waals surface area contributed by atoms with Crippen molar-refractivity contribution in [2.45, 2.75) is 19.9 Å². The van der Waals surface area contributed by atoms with Crippen molar-refractivity contribution in [1.82, 2.24) is 30.4 Å². The molecule has 0 aliphatic carbocycles. The van der Waals surface area contributed by atoms with Gasteiger partial charge in [0.05, 0.1) is 0 Å². The van der Waals surface area contributed by atoms with E-state index in [4.69, 9.17) is 11.6 Å². The summed E-state index contributed by atoms with van der Waals surface area (Å²) in [6.07, 6.45) is 4.38. The normalized spacial score (nSPS) is 11.4. The maximum atomic E-state index is 5.79. The fourth-order valence-corrected chi connectivity index (χ4v) is 2.07. The molecule has 0 atom stereocenters. The van der Waals surface area contributed by atoms with Crippen LogP contribution in [0.3, 0.4) is 0 Å². The van der Waals surface area contributed by atoms with Crippen LogP contribution < -0.4 is 10.6 Å². The third-order valence-electron chi connectivity index (χ3n) is 3.47. The summed E-state index contributed by atoms with van der Waals surface area (Å²) in [6.45, 7) is 7.43. The van der Waals surface area contributed by atoms with Crippen LogP contribution in [-0.2, 0) is 20.0 Å². The molecule has 0 saturated carbocycles. The first-order valence-corrected chi connectivity index (χ1v) is 8.06. The third-order valence-corrected chi connectivity index (χ3v) is 3.69. The zero-order chi connectivity index (χ0) is 17.4. The Kier molecular flexibility index (Phi) is 6.74. The second-order valence-electron chi connectivity index (χ2n) is 5.22. The quantitative estimate of drug-likeness (QED) is 0.344. The summed E-state index contributed by atoms with van der Waals surface area (Å²) in [7, 11) is 1.93. The zero-order valence-electron chi connectivity index (χ0n) is 14.0. The Balaban J connectivity index is 1.91. The smallest absolute Gasteiger partial charge is 0.191 e. The first-order valence-electron chi connectivity index (χ1n) is 7.68. The molecule has 128 valence electrons. The van der Waals surface area contributed by atoms with E-state index in [1.54, 1.807) is 18.3 Å². The summed E-state index contributed by atoms with van der Waals surface area (Å²) in [5, 5.41) is 15.1. The molecule has 0 amide bonds. The first-order chi connectivity index (χ1) is 11.6. The van der Waals surface area contributed by atoms with Crippen molar-refractivity contribution in [2.24, 2.45) is 12.0 Å². The number of halogens is 1. The van der Waals surface area contributed by atoms with Gasteiger partial charge in [0.1, 0.15) is 17.5 Å². The molecule has 0 unspecified atom stereocenters. The predicted molar refractivity (Wildman–Crippen MR) is 96.0 cm³/mol. The van der Waals surface area contributed by atoms with E-state index in [1.165, 1.54) is 0 Å². The summed E-state index contributed by atoms with van der Waals surface area (Å²) in [6, 6.07) is 3.76. The molecule has 0 radical (unpaired) electrons. The minimum atomic E-state index is 0.451. The molecule has 2 heterocycles.